The molecule has 1 fully saturated rings. The van der Waals surface area contributed by atoms with Crippen molar-refractivity contribution in [2.24, 2.45) is 0 Å². The normalized spacial score (nSPS) is 18.8. The van der Waals surface area contributed by atoms with Crippen molar-refractivity contribution in [3.63, 3.8) is 0 Å². The Labute approximate surface area is 128 Å². The summed E-state index contributed by atoms with van der Waals surface area (Å²) >= 11 is 3.37. The molecule has 0 saturated carbocycles. The summed E-state index contributed by atoms with van der Waals surface area (Å²) in [6.07, 6.45) is 4.63. The van der Waals surface area contributed by atoms with Gasteiger partial charge in [-0.25, -0.2) is 0 Å². The van der Waals surface area contributed by atoms with Gasteiger partial charge in [0.05, 0.1) is 6.10 Å². The molecular weight excluding hydrogens is 320 g/mol. The van der Waals surface area contributed by atoms with Crippen molar-refractivity contribution in [1.29, 1.82) is 0 Å². The number of halogens is 1. The molecule has 0 spiro atoms. The Hall–Kier alpha value is -1.07. The molecule has 1 saturated heterocycles. The van der Waals surface area contributed by atoms with Crippen LogP contribution in [0.4, 0.5) is 5.69 Å². The second-order valence-electron chi connectivity index (χ2n) is 5.20. The molecule has 1 aliphatic rings. The lowest BCUT2D eigenvalue weighted by Crippen LogP contribution is -2.30. The van der Waals surface area contributed by atoms with Crippen LogP contribution in [-0.4, -0.2) is 25.2 Å². The van der Waals surface area contributed by atoms with E-state index in [1.54, 1.807) is 6.07 Å². The zero-order valence-electron chi connectivity index (χ0n) is 11.7. The Morgan fingerprint density at radius 3 is 3.00 bits per heavy atom. The maximum absolute atomic E-state index is 12.2. The number of nitrogen functional groups attached to an aromatic ring is 1. The standard InChI is InChI=1S/C15H21BrN2O2/c1-10-13(8-11(16)9-14(10)17)15(19)18-6-5-12-4-2-3-7-20-12/h8-9,12H,2-7,17H2,1H3,(H,18,19). The molecule has 1 atom stereocenters. The van der Waals surface area contributed by atoms with Gasteiger partial charge in [0, 0.05) is 28.9 Å². The molecule has 4 nitrogen and oxygen atoms in total. The lowest BCUT2D eigenvalue weighted by atomic mass is 10.1. The van der Waals surface area contributed by atoms with Gasteiger partial charge in [0.25, 0.3) is 5.91 Å². The summed E-state index contributed by atoms with van der Waals surface area (Å²) in [5, 5.41) is 2.95. The van der Waals surface area contributed by atoms with E-state index in [1.165, 1.54) is 6.42 Å². The van der Waals surface area contributed by atoms with Crippen molar-refractivity contribution in [3.8, 4) is 0 Å². The van der Waals surface area contributed by atoms with Crippen LogP contribution >= 0.6 is 15.9 Å². The van der Waals surface area contributed by atoms with Gasteiger partial charge in [-0.1, -0.05) is 15.9 Å². The van der Waals surface area contributed by atoms with E-state index in [-0.39, 0.29) is 12.0 Å². The predicted molar refractivity (Wildman–Crippen MR) is 83.8 cm³/mol. The van der Waals surface area contributed by atoms with Gasteiger partial charge in [-0.05, 0) is 50.3 Å². The van der Waals surface area contributed by atoms with Gasteiger partial charge in [-0.2, -0.15) is 0 Å². The van der Waals surface area contributed by atoms with Crippen LogP contribution in [-0.2, 0) is 4.74 Å². The second kappa shape index (κ2) is 7.09. The predicted octanol–water partition coefficient (Wildman–Crippen LogP) is 3.03. The molecule has 1 unspecified atom stereocenters. The third-order valence-electron chi connectivity index (χ3n) is 3.68. The molecule has 2 rings (SSSR count). The van der Waals surface area contributed by atoms with Crippen molar-refractivity contribution >= 4 is 27.5 Å². The number of hydrogen-bond acceptors (Lipinski definition) is 3. The van der Waals surface area contributed by atoms with Crippen molar-refractivity contribution in [1.82, 2.24) is 5.32 Å². The first-order valence-electron chi connectivity index (χ1n) is 7.03. The topological polar surface area (TPSA) is 64.4 Å². The number of rotatable bonds is 4. The fraction of sp³-hybridized carbons (Fsp3) is 0.533. The number of nitrogens with two attached hydrogens (primary N) is 1. The van der Waals surface area contributed by atoms with E-state index in [4.69, 9.17) is 10.5 Å². The highest BCUT2D eigenvalue weighted by molar-refractivity contribution is 9.10. The van der Waals surface area contributed by atoms with Gasteiger partial charge in [-0.15, -0.1) is 0 Å². The lowest BCUT2D eigenvalue weighted by molar-refractivity contribution is 0.0117. The SMILES string of the molecule is Cc1c(N)cc(Br)cc1C(=O)NCCC1CCCCO1. The van der Waals surface area contributed by atoms with Crippen LogP contribution in [0.2, 0.25) is 0 Å². The highest BCUT2D eigenvalue weighted by atomic mass is 79.9. The third-order valence-corrected chi connectivity index (χ3v) is 4.14. The lowest BCUT2D eigenvalue weighted by Gasteiger charge is -2.22. The van der Waals surface area contributed by atoms with E-state index in [1.807, 2.05) is 13.0 Å². The van der Waals surface area contributed by atoms with Crippen LogP contribution in [0, 0.1) is 6.92 Å². The van der Waals surface area contributed by atoms with Crippen LogP contribution in [0.15, 0.2) is 16.6 Å². The Kier molecular flexibility index (Phi) is 5.43. The number of anilines is 1. The Balaban J connectivity index is 1.88. The molecule has 0 aliphatic carbocycles. The summed E-state index contributed by atoms with van der Waals surface area (Å²) in [4.78, 5) is 12.2. The summed E-state index contributed by atoms with van der Waals surface area (Å²) in [7, 11) is 0. The van der Waals surface area contributed by atoms with Gasteiger partial charge in [-0.3, -0.25) is 4.79 Å². The highest BCUT2D eigenvalue weighted by Crippen LogP contribution is 2.22. The molecule has 0 radical (unpaired) electrons. The largest absolute Gasteiger partial charge is 0.398 e. The average molecular weight is 341 g/mol. The third kappa shape index (κ3) is 3.96. The quantitative estimate of drug-likeness (QED) is 0.828. The smallest absolute Gasteiger partial charge is 0.251 e. The van der Waals surface area contributed by atoms with Crippen LogP contribution in [0.25, 0.3) is 0 Å². The first-order valence-corrected chi connectivity index (χ1v) is 7.82. The van der Waals surface area contributed by atoms with Gasteiger partial charge < -0.3 is 15.8 Å². The molecule has 1 aliphatic heterocycles. The molecule has 1 aromatic carbocycles. The monoisotopic (exact) mass is 340 g/mol. The van der Waals surface area contributed by atoms with E-state index < -0.39 is 0 Å². The molecule has 1 amide bonds. The second-order valence-corrected chi connectivity index (χ2v) is 6.12. The van der Waals surface area contributed by atoms with Crippen LogP contribution in [0.1, 0.15) is 41.6 Å². The van der Waals surface area contributed by atoms with Crippen molar-refractivity contribution < 1.29 is 9.53 Å². The molecule has 1 aromatic rings. The zero-order valence-corrected chi connectivity index (χ0v) is 13.3. The fourth-order valence-corrected chi connectivity index (χ4v) is 2.89. The fourth-order valence-electron chi connectivity index (χ4n) is 2.41. The molecule has 0 bridgehead atoms. The maximum atomic E-state index is 12.2. The Morgan fingerprint density at radius 2 is 2.30 bits per heavy atom. The molecule has 5 heteroatoms. The Morgan fingerprint density at radius 1 is 1.50 bits per heavy atom. The van der Waals surface area contributed by atoms with Gasteiger partial charge in [0.2, 0.25) is 0 Å². The van der Waals surface area contributed by atoms with Crippen molar-refractivity contribution in [3.05, 3.63) is 27.7 Å². The summed E-state index contributed by atoms with van der Waals surface area (Å²) in [5.41, 5.74) is 7.95. The average Bonchev–Trinajstić information content (AvgIpc) is 2.44. The van der Waals surface area contributed by atoms with Gasteiger partial charge in [0.15, 0.2) is 0 Å². The minimum Gasteiger partial charge on any atom is -0.398 e. The number of carbonyl (C=O) groups is 1. The molecule has 1 heterocycles. The number of carbonyl (C=O) groups excluding carboxylic acids is 1. The van der Waals surface area contributed by atoms with E-state index in [0.29, 0.717) is 17.8 Å². The minimum absolute atomic E-state index is 0.0775. The van der Waals surface area contributed by atoms with Crippen molar-refractivity contribution in [2.75, 3.05) is 18.9 Å². The molecule has 0 aromatic heterocycles. The highest BCUT2D eigenvalue weighted by Gasteiger charge is 2.15. The number of amides is 1. The van der Waals surface area contributed by atoms with Crippen LogP contribution in [0.5, 0.6) is 0 Å². The number of nitrogens with one attached hydrogen (secondary N) is 1. The molecular formula is C15H21BrN2O2. The van der Waals surface area contributed by atoms with Gasteiger partial charge >= 0.3 is 0 Å². The summed E-state index contributed by atoms with van der Waals surface area (Å²) in [6, 6.07) is 3.61. The molecule has 3 N–H and O–H groups in total. The summed E-state index contributed by atoms with van der Waals surface area (Å²) in [6.45, 7) is 3.34. The molecule has 110 valence electrons. The van der Waals surface area contributed by atoms with E-state index in [2.05, 4.69) is 21.2 Å². The Bertz CT molecular complexity index is 485. The first kappa shape index (κ1) is 15.3. The number of benzene rings is 1. The van der Waals surface area contributed by atoms with E-state index in [9.17, 15) is 4.79 Å². The summed E-state index contributed by atoms with van der Waals surface area (Å²) < 4.78 is 6.47. The first-order chi connectivity index (χ1) is 9.58. The minimum atomic E-state index is -0.0775. The van der Waals surface area contributed by atoms with Crippen molar-refractivity contribution in [2.45, 2.75) is 38.7 Å². The van der Waals surface area contributed by atoms with E-state index >= 15 is 0 Å². The summed E-state index contributed by atoms with van der Waals surface area (Å²) in [5.74, 6) is -0.0775. The molecule has 20 heavy (non-hydrogen) atoms. The van der Waals surface area contributed by atoms with Gasteiger partial charge in [0.1, 0.15) is 0 Å². The van der Waals surface area contributed by atoms with E-state index in [0.717, 1.165) is 35.9 Å². The van der Waals surface area contributed by atoms with Crippen LogP contribution in [0.3, 0.4) is 0 Å². The number of hydrogen-bond donors (Lipinski definition) is 2. The number of ether oxygens (including phenoxy) is 1. The van der Waals surface area contributed by atoms with Crippen LogP contribution < -0.4 is 11.1 Å². The zero-order chi connectivity index (χ0) is 14.5. The maximum Gasteiger partial charge on any atom is 0.251 e.